The van der Waals surface area contributed by atoms with Gasteiger partial charge in [0.1, 0.15) is 0 Å². The van der Waals surface area contributed by atoms with Gasteiger partial charge in [-0.05, 0) is 88.3 Å². The van der Waals surface area contributed by atoms with Crippen LogP contribution < -0.4 is 5.06 Å². The first-order valence-electron chi connectivity index (χ1n) is 12.3. The lowest BCUT2D eigenvalue weighted by Gasteiger charge is -2.38. The number of hydrogen-bond acceptors (Lipinski definition) is 3. The van der Waals surface area contributed by atoms with Gasteiger partial charge in [-0.25, -0.2) is 0 Å². The van der Waals surface area contributed by atoms with Gasteiger partial charge < -0.3 is 15.2 Å². The van der Waals surface area contributed by atoms with E-state index in [1.807, 2.05) is 12.3 Å². The number of pyridine rings is 1. The minimum absolute atomic E-state index is 0.189. The summed E-state index contributed by atoms with van der Waals surface area (Å²) in [6.45, 7) is 2.86. The van der Waals surface area contributed by atoms with E-state index in [4.69, 9.17) is 16.6 Å². The van der Waals surface area contributed by atoms with E-state index in [9.17, 15) is 10.0 Å². The molecule has 3 aliphatic rings. The first kappa shape index (κ1) is 24.7. The first-order valence-corrected chi connectivity index (χ1v) is 14.3. The maximum absolute atomic E-state index is 13.0. The number of quaternary nitrogens is 1. The van der Waals surface area contributed by atoms with Gasteiger partial charge in [-0.3, -0.25) is 9.78 Å². The quantitative estimate of drug-likeness (QED) is 0.502. The third kappa shape index (κ3) is 5.24. The standard InChI is InChI=1S/C26H30Br2ClN3O2/c27-20-12-19-2-1-18-13-21(29)14-22(28)24(18)25(26(19)30-15-20)17-5-7-31(8-6-17)23(33)11-16-3-9-32(34)10-4-16/h12-17,25,32H,1-11H2. The monoisotopic (exact) mass is 609 g/mol. The molecule has 1 aromatic heterocycles. The second-order valence-corrected chi connectivity index (χ2v) is 12.2. The number of hydroxylamine groups is 2. The van der Waals surface area contributed by atoms with E-state index < -0.39 is 0 Å². The Morgan fingerprint density at radius 2 is 1.79 bits per heavy atom. The molecule has 1 atom stereocenters. The highest BCUT2D eigenvalue weighted by molar-refractivity contribution is 9.10. The third-order valence-corrected chi connectivity index (χ3v) is 9.22. The minimum atomic E-state index is 0.189. The Labute approximate surface area is 223 Å². The number of fused-ring (bicyclic) bond motifs is 2. The Morgan fingerprint density at radius 3 is 2.53 bits per heavy atom. The number of aryl methyl sites for hydroxylation is 2. The molecule has 1 aromatic carbocycles. The molecule has 0 spiro atoms. The number of rotatable bonds is 3. The summed E-state index contributed by atoms with van der Waals surface area (Å²) >= 11 is 13.9. The highest BCUT2D eigenvalue weighted by Gasteiger charge is 2.36. The number of piperidine rings is 2. The summed E-state index contributed by atoms with van der Waals surface area (Å²) in [5, 5.41) is 12.6. The fourth-order valence-corrected chi connectivity index (χ4v) is 7.59. The number of aromatic nitrogens is 1. The number of carbonyl (C=O) groups excluding carboxylic acids is 1. The minimum Gasteiger partial charge on any atom is -0.634 e. The molecule has 0 saturated carbocycles. The Hall–Kier alpha value is -0.990. The maximum atomic E-state index is 13.0. The van der Waals surface area contributed by atoms with Crippen molar-refractivity contribution < 1.29 is 9.86 Å². The molecular formula is C26H30Br2ClN3O2. The molecule has 5 nitrogen and oxygen atoms in total. The summed E-state index contributed by atoms with van der Waals surface area (Å²) < 4.78 is 2.07. The van der Waals surface area contributed by atoms with E-state index in [2.05, 4.69) is 48.9 Å². The van der Waals surface area contributed by atoms with Gasteiger partial charge in [-0.1, -0.05) is 27.5 Å². The molecule has 2 fully saturated rings. The number of amides is 1. The SMILES string of the molecule is O=C(CC1CC[NH+]([O-])CC1)N1CCC(C2c3ncc(Br)cc3CCc3cc(Cl)cc(Br)c32)CC1. The second-order valence-electron chi connectivity index (χ2n) is 10.0. The fourth-order valence-electron chi connectivity index (χ4n) is 6.09. The zero-order valence-corrected chi connectivity index (χ0v) is 23.1. The molecule has 0 bridgehead atoms. The van der Waals surface area contributed by atoms with Crippen LogP contribution in [0.3, 0.4) is 0 Å². The molecule has 1 unspecified atom stereocenters. The van der Waals surface area contributed by atoms with E-state index >= 15 is 0 Å². The van der Waals surface area contributed by atoms with Crippen molar-refractivity contribution in [2.45, 2.75) is 50.9 Å². The average molecular weight is 612 g/mol. The number of halogens is 3. The Bertz CT molecular complexity index is 1070. The molecule has 8 heteroatoms. The zero-order valence-electron chi connectivity index (χ0n) is 19.2. The van der Waals surface area contributed by atoms with Gasteiger partial charge in [0.25, 0.3) is 0 Å². The van der Waals surface area contributed by atoms with Crippen LogP contribution in [-0.2, 0) is 17.6 Å². The summed E-state index contributed by atoms with van der Waals surface area (Å²) in [6.07, 6.45) is 8.05. The van der Waals surface area contributed by atoms with Crippen LogP contribution in [-0.4, -0.2) is 42.0 Å². The maximum Gasteiger partial charge on any atom is 0.222 e. The van der Waals surface area contributed by atoms with Crippen molar-refractivity contribution in [1.82, 2.24) is 9.88 Å². The molecule has 2 saturated heterocycles. The van der Waals surface area contributed by atoms with Crippen LogP contribution in [0, 0.1) is 17.0 Å². The number of nitrogens with one attached hydrogen (secondary N) is 1. The summed E-state index contributed by atoms with van der Waals surface area (Å²) in [4.78, 5) is 20.0. The highest BCUT2D eigenvalue weighted by atomic mass is 79.9. The van der Waals surface area contributed by atoms with Crippen molar-refractivity contribution in [3.63, 3.8) is 0 Å². The second kappa shape index (κ2) is 10.6. The lowest BCUT2D eigenvalue weighted by molar-refractivity contribution is -0.854. The Morgan fingerprint density at radius 1 is 1.09 bits per heavy atom. The first-order chi connectivity index (χ1) is 16.4. The lowest BCUT2D eigenvalue weighted by Crippen LogP contribution is -3.08. The Balaban J connectivity index is 1.35. The average Bonchev–Trinajstić information content (AvgIpc) is 2.97. The molecule has 1 N–H and O–H groups in total. The largest absolute Gasteiger partial charge is 0.634 e. The van der Waals surface area contributed by atoms with Crippen LogP contribution in [0.4, 0.5) is 0 Å². The van der Waals surface area contributed by atoms with Crippen molar-refractivity contribution in [3.05, 3.63) is 66.0 Å². The van der Waals surface area contributed by atoms with Gasteiger partial charge in [-0.15, -0.1) is 0 Å². The molecule has 2 aliphatic heterocycles. The third-order valence-electron chi connectivity index (χ3n) is 7.91. The van der Waals surface area contributed by atoms with Crippen LogP contribution in [0.15, 0.2) is 33.3 Å². The zero-order chi connectivity index (χ0) is 23.8. The van der Waals surface area contributed by atoms with Crippen LogP contribution in [0.25, 0.3) is 0 Å². The van der Waals surface area contributed by atoms with Crippen molar-refractivity contribution >= 4 is 49.4 Å². The van der Waals surface area contributed by atoms with Crippen molar-refractivity contribution in [2.75, 3.05) is 26.2 Å². The lowest BCUT2D eigenvalue weighted by atomic mass is 9.76. The molecule has 1 aliphatic carbocycles. The highest BCUT2D eigenvalue weighted by Crippen LogP contribution is 2.46. The predicted octanol–water partition coefficient (Wildman–Crippen LogP) is 4.91. The van der Waals surface area contributed by atoms with Crippen LogP contribution in [0.2, 0.25) is 5.02 Å². The van der Waals surface area contributed by atoms with E-state index in [-0.39, 0.29) is 11.8 Å². The van der Waals surface area contributed by atoms with Crippen molar-refractivity contribution in [1.29, 1.82) is 0 Å². The summed E-state index contributed by atoms with van der Waals surface area (Å²) in [6, 6.07) is 6.33. The molecule has 0 radical (unpaired) electrons. The van der Waals surface area contributed by atoms with E-state index in [0.29, 0.717) is 36.4 Å². The Kier molecular flexibility index (Phi) is 7.66. The van der Waals surface area contributed by atoms with E-state index in [0.717, 1.165) is 65.6 Å². The summed E-state index contributed by atoms with van der Waals surface area (Å²) in [5.41, 5.74) is 5.07. The molecule has 2 aromatic rings. The molecule has 1 amide bonds. The number of nitrogens with zero attached hydrogens (tertiary/aromatic N) is 2. The van der Waals surface area contributed by atoms with Crippen LogP contribution in [0.5, 0.6) is 0 Å². The van der Waals surface area contributed by atoms with Gasteiger partial charge in [0.2, 0.25) is 5.91 Å². The van der Waals surface area contributed by atoms with Gasteiger partial charge in [0, 0.05) is 58.4 Å². The fraction of sp³-hybridized carbons (Fsp3) is 0.538. The van der Waals surface area contributed by atoms with E-state index in [1.165, 1.54) is 22.4 Å². The summed E-state index contributed by atoms with van der Waals surface area (Å²) in [7, 11) is 0. The van der Waals surface area contributed by atoms with Gasteiger partial charge in [-0.2, -0.15) is 0 Å². The molecule has 182 valence electrons. The van der Waals surface area contributed by atoms with Gasteiger partial charge >= 0.3 is 0 Å². The molecule has 3 heterocycles. The summed E-state index contributed by atoms with van der Waals surface area (Å²) in [5.74, 6) is 1.23. The van der Waals surface area contributed by atoms with E-state index in [1.54, 1.807) is 0 Å². The predicted molar refractivity (Wildman–Crippen MR) is 141 cm³/mol. The normalized spacial score (nSPS) is 25.4. The number of carbonyl (C=O) groups is 1. The molecular weight excluding hydrogens is 582 g/mol. The number of likely N-dealkylation sites (tertiary alicyclic amines) is 1. The van der Waals surface area contributed by atoms with Gasteiger partial charge in [0.05, 0.1) is 18.8 Å². The van der Waals surface area contributed by atoms with Crippen molar-refractivity contribution in [2.24, 2.45) is 11.8 Å². The van der Waals surface area contributed by atoms with Crippen LogP contribution in [0.1, 0.15) is 60.4 Å². The number of benzene rings is 1. The molecule has 34 heavy (non-hydrogen) atoms. The van der Waals surface area contributed by atoms with Crippen LogP contribution >= 0.6 is 43.5 Å². The topological polar surface area (TPSA) is 60.7 Å². The number of hydrogen-bond donors (Lipinski definition) is 1. The van der Waals surface area contributed by atoms with Gasteiger partial charge in [0.15, 0.2) is 0 Å². The molecule has 5 rings (SSSR count). The smallest absolute Gasteiger partial charge is 0.222 e. The van der Waals surface area contributed by atoms with Crippen molar-refractivity contribution in [3.8, 4) is 0 Å².